The van der Waals surface area contributed by atoms with Gasteiger partial charge in [0.05, 0.1) is 0 Å². The average molecular weight is 359 g/mol. The van der Waals surface area contributed by atoms with Gasteiger partial charge in [-0.1, -0.05) is 43.3 Å². The van der Waals surface area contributed by atoms with Crippen LogP contribution in [-0.2, 0) is 11.2 Å². The molecule has 4 heteroatoms. The molecule has 0 fully saturated rings. The summed E-state index contributed by atoms with van der Waals surface area (Å²) >= 11 is 0. The number of rotatable bonds is 5. The zero-order chi connectivity index (χ0) is 18.8. The fraction of sp³-hybridized carbons (Fsp3) is 0.174. The molecule has 27 heavy (non-hydrogen) atoms. The lowest BCUT2D eigenvalue weighted by atomic mass is 10.1. The highest BCUT2D eigenvalue weighted by Gasteiger charge is 2.17. The molecule has 0 saturated carbocycles. The Morgan fingerprint density at radius 1 is 1.00 bits per heavy atom. The van der Waals surface area contributed by atoms with Crippen molar-refractivity contribution in [3.05, 3.63) is 72.3 Å². The highest BCUT2D eigenvalue weighted by atomic mass is 16.5. The van der Waals surface area contributed by atoms with Crippen LogP contribution in [0.3, 0.4) is 0 Å². The van der Waals surface area contributed by atoms with Crippen molar-refractivity contribution >= 4 is 33.5 Å². The van der Waals surface area contributed by atoms with Crippen LogP contribution in [0.15, 0.2) is 71.1 Å². The third-order valence-electron chi connectivity index (χ3n) is 4.67. The van der Waals surface area contributed by atoms with Gasteiger partial charge in [0.1, 0.15) is 16.9 Å². The second kappa shape index (κ2) is 7.16. The van der Waals surface area contributed by atoms with Gasteiger partial charge in [0.25, 0.3) is 5.91 Å². The van der Waals surface area contributed by atoms with Gasteiger partial charge in [-0.3, -0.25) is 4.79 Å². The first kappa shape index (κ1) is 17.2. The summed E-state index contributed by atoms with van der Waals surface area (Å²) in [5, 5.41) is 5.01. The summed E-state index contributed by atoms with van der Waals surface area (Å²) < 4.78 is 11.7. The SMILES string of the molecule is CCc1ccccc1OC(C)C(=O)Nc1ccc2c(c1)oc1ccccc12. The van der Waals surface area contributed by atoms with E-state index >= 15 is 0 Å². The summed E-state index contributed by atoms with van der Waals surface area (Å²) in [6.07, 6.45) is 0.247. The molecule has 0 aliphatic heterocycles. The molecule has 3 aromatic carbocycles. The molecule has 1 unspecified atom stereocenters. The van der Waals surface area contributed by atoms with Crippen LogP contribution < -0.4 is 10.1 Å². The van der Waals surface area contributed by atoms with Crippen LogP contribution in [0.25, 0.3) is 21.9 Å². The third kappa shape index (κ3) is 3.38. The van der Waals surface area contributed by atoms with Crippen molar-refractivity contribution in [1.82, 2.24) is 0 Å². The molecule has 0 aliphatic rings. The number of nitrogens with one attached hydrogen (secondary N) is 1. The largest absolute Gasteiger partial charge is 0.481 e. The highest BCUT2D eigenvalue weighted by molar-refractivity contribution is 6.06. The molecule has 0 aliphatic carbocycles. The molecule has 0 saturated heterocycles. The van der Waals surface area contributed by atoms with E-state index in [1.54, 1.807) is 6.92 Å². The Morgan fingerprint density at radius 3 is 2.59 bits per heavy atom. The number of furan rings is 1. The molecule has 1 aromatic heterocycles. The number of benzene rings is 3. The minimum absolute atomic E-state index is 0.198. The van der Waals surface area contributed by atoms with Gasteiger partial charge in [-0.05, 0) is 43.2 Å². The second-order valence-corrected chi connectivity index (χ2v) is 6.52. The number of para-hydroxylation sites is 2. The molecule has 4 rings (SSSR count). The zero-order valence-corrected chi connectivity index (χ0v) is 15.4. The van der Waals surface area contributed by atoms with E-state index < -0.39 is 6.10 Å². The van der Waals surface area contributed by atoms with Crippen LogP contribution in [0.2, 0.25) is 0 Å². The number of carbonyl (C=O) groups is 1. The number of amides is 1. The fourth-order valence-electron chi connectivity index (χ4n) is 3.20. The summed E-state index contributed by atoms with van der Waals surface area (Å²) in [6, 6.07) is 21.4. The summed E-state index contributed by atoms with van der Waals surface area (Å²) in [4.78, 5) is 12.6. The lowest BCUT2D eigenvalue weighted by Crippen LogP contribution is -2.30. The maximum absolute atomic E-state index is 12.6. The molecule has 0 radical (unpaired) electrons. The number of hydrogen-bond acceptors (Lipinski definition) is 3. The molecular formula is C23H21NO3. The van der Waals surface area contributed by atoms with E-state index in [1.807, 2.05) is 66.7 Å². The van der Waals surface area contributed by atoms with Crippen molar-refractivity contribution in [2.45, 2.75) is 26.4 Å². The molecule has 0 spiro atoms. The zero-order valence-electron chi connectivity index (χ0n) is 15.4. The summed E-state index contributed by atoms with van der Waals surface area (Å²) in [7, 11) is 0. The summed E-state index contributed by atoms with van der Waals surface area (Å²) in [5.74, 6) is 0.548. The van der Waals surface area contributed by atoms with Crippen LogP contribution in [0, 0.1) is 0 Å². The van der Waals surface area contributed by atoms with Crippen molar-refractivity contribution < 1.29 is 13.9 Å². The molecular weight excluding hydrogens is 338 g/mol. The Hall–Kier alpha value is -3.27. The van der Waals surface area contributed by atoms with Crippen molar-refractivity contribution in [3.63, 3.8) is 0 Å². The summed E-state index contributed by atoms with van der Waals surface area (Å²) in [5.41, 5.74) is 3.36. The van der Waals surface area contributed by atoms with E-state index in [9.17, 15) is 4.79 Å². The quantitative estimate of drug-likeness (QED) is 0.508. The first-order chi connectivity index (χ1) is 13.2. The molecule has 136 valence electrons. The van der Waals surface area contributed by atoms with Gasteiger partial charge in [0.2, 0.25) is 0 Å². The van der Waals surface area contributed by atoms with Crippen LogP contribution in [-0.4, -0.2) is 12.0 Å². The number of fused-ring (bicyclic) bond motifs is 3. The number of ether oxygens (including phenoxy) is 1. The van der Waals surface area contributed by atoms with E-state index in [0.717, 1.165) is 39.7 Å². The van der Waals surface area contributed by atoms with Crippen molar-refractivity contribution in [2.24, 2.45) is 0 Å². The van der Waals surface area contributed by atoms with E-state index in [0.29, 0.717) is 5.69 Å². The maximum atomic E-state index is 12.6. The Bertz CT molecular complexity index is 1110. The monoisotopic (exact) mass is 359 g/mol. The van der Waals surface area contributed by atoms with Crippen LogP contribution >= 0.6 is 0 Å². The number of anilines is 1. The van der Waals surface area contributed by atoms with Gasteiger partial charge < -0.3 is 14.5 Å². The number of hydrogen-bond donors (Lipinski definition) is 1. The van der Waals surface area contributed by atoms with Gasteiger partial charge in [0.15, 0.2) is 6.10 Å². The Balaban J connectivity index is 1.52. The van der Waals surface area contributed by atoms with Gasteiger partial charge in [-0.15, -0.1) is 0 Å². The smallest absolute Gasteiger partial charge is 0.265 e. The van der Waals surface area contributed by atoms with Crippen molar-refractivity contribution in [2.75, 3.05) is 5.32 Å². The number of aryl methyl sites for hydroxylation is 1. The molecule has 4 aromatic rings. The standard InChI is InChI=1S/C23H21NO3/c1-3-16-8-4-6-10-20(16)26-15(2)23(25)24-17-12-13-19-18-9-5-7-11-21(18)27-22(19)14-17/h4-15H,3H2,1-2H3,(H,24,25). The third-order valence-corrected chi connectivity index (χ3v) is 4.67. The minimum atomic E-state index is -0.607. The van der Waals surface area contributed by atoms with Gasteiger partial charge in [-0.2, -0.15) is 0 Å². The Kier molecular flexibility index (Phi) is 4.55. The predicted molar refractivity (Wildman–Crippen MR) is 108 cm³/mol. The molecule has 1 N–H and O–H groups in total. The summed E-state index contributed by atoms with van der Waals surface area (Å²) in [6.45, 7) is 3.82. The first-order valence-corrected chi connectivity index (χ1v) is 9.12. The van der Waals surface area contributed by atoms with E-state index in [1.165, 1.54) is 0 Å². The Labute approximate surface area is 157 Å². The number of carbonyl (C=O) groups excluding carboxylic acids is 1. The first-order valence-electron chi connectivity index (χ1n) is 9.12. The minimum Gasteiger partial charge on any atom is -0.481 e. The lowest BCUT2D eigenvalue weighted by Gasteiger charge is -2.16. The molecule has 4 nitrogen and oxygen atoms in total. The van der Waals surface area contributed by atoms with Gasteiger partial charge in [0, 0.05) is 22.5 Å². The normalized spacial score (nSPS) is 12.2. The highest BCUT2D eigenvalue weighted by Crippen LogP contribution is 2.30. The molecule has 1 atom stereocenters. The fourth-order valence-corrected chi connectivity index (χ4v) is 3.20. The maximum Gasteiger partial charge on any atom is 0.265 e. The topological polar surface area (TPSA) is 51.5 Å². The van der Waals surface area contributed by atoms with Crippen LogP contribution in [0.1, 0.15) is 19.4 Å². The molecule has 1 amide bonds. The van der Waals surface area contributed by atoms with Gasteiger partial charge in [-0.25, -0.2) is 0 Å². The second-order valence-electron chi connectivity index (χ2n) is 6.52. The van der Waals surface area contributed by atoms with E-state index in [-0.39, 0.29) is 5.91 Å². The van der Waals surface area contributed by atoms with Crippen LogP contribution in [0.4, 0.5) is 5.69 Å². The predicted octanol–water partition coefficient (Wildman–Crippen LogP) is 5.55. The van der Waals surface area contributed by atoms with E-state index in [2.05, 4.69) is 12.2 Å². The van der Waals surface area contributed by atoms with Gasteiger partial charge >= 0.3 is 0 Å². The molecule has 0 bridgehead atoms. The Morgan fingerprint density at radius 2 is 1.74 bits per heavy atom. The average Bonchev–Trinajstić information content (AvgIpc) is 3.06. The van der Waals surface area contributed by atoms with Crippen molar-refractivity contribution in [1.29, 1.82) is 0 Å². The van der Waals surface area contributed by atoms with E-state index in [4.69, 9.17) is 9.15 Å². The van der Waals surface area contributed by atoms with Crippen molar-refractivity contribution in [3.8, 4) is 5.75 Å². The van der Waals surface area contributed by atoms with Crippen LogP contribution in [0.5, 0.6) is 5.75 Å². The molecule has 1 heterocycles. The lowest BCUT2D eigenvalue weighted by molar-refractivity contribution is -0.122.